The molecule has 5 aromatic carbocycles. The van der Waals surface area contributed by atoms with Crippen molar-refractivity contribution >= 4 is 33.6 Å². The van der Waals surface area contributed by atoms with Crippen LogP contribution >= 0.6 is 0 Å². The second-order valence-corrected chi connectivity index (χ2v) is 17.6. The lowest BCUT2D eigenvalue weighted by Gasteiger charge is -2.46. The molecule has 1 aromatic heterocycles. The molecule has 60 heavy (non-hydrogen) atoms. The first-order valence-corrected chi connectivity index (χ1v) is 21.4. The van der Waals surface area contributed by atoms with E-state index in [2.05, 4.69) is 194 Å². The van der Waals surface area contributed by atoms with Crippen LogP contribution < -0.4 is 15.0 Å². The van der Waals surface area contributed by atoms with Gasteiger partial charge in [-0.25, -0.2) is 0 Å². The number of para-hydroxylation sites is 3. The SMILES string of the molecule is CC12C=CC=CC1=C(c1ccc(Nc3ccccc3)c(-c3coc4ccccc34)c1)C1=C(C=CCC1)C2c1ccc2c(c1)C1C(O2)N(c2ccccc2)C2C=CC=CC12C. The van der Waals surface area contributed by atoms with E-state index in [4.69, 9.17) is 9.15 Å². The maximum absolute atomic E-state index is 7.01. The number of benzene rings is 5. The molecule has 6 aliphatic rings. The lowest BCUT2D eigenvalue weighted by atomic mass is 9.57. The Morgan fingerprint density at radius 3 is 2.45 bits per heavy atom. The summed E-state index contributed by atoms with van der Waals surface area (Å²) >= 11 is 0. The van der Waals surface area contributed by atoms with Gasteiger partial charge in [-0.05, 0) is 94.8 Å². The van der Waals surface area contributed by atoms with E-state index in [0.29, 0.717) is 0 Å². The van der Waals surface area contributed by atoms with Gasteiger partial charge in [0.1, 0.15) is 11.3 Å². The highest BCUT2D eigenvalue weighted by atomic mass is 16.5. The molecule has 6 aromatic rings. The van der Waals surface area contributed by atoms with Crippen LogP contribution in [0.4, 0.5) is 17.1 Å². The van der Waals surface area contributed by atoms with Crippen molar-refractivity contribution in [2.24, 2.45) is 10.8 Å². The first-order chi connectivity index (χ1) is 29.5. The quantitative estimate of drug-likeness (QED) is 0.183. The van der Waals surface area contributed by atoms with Gasteiger partial charge >= 0.3 is 0 Å². The number of furan rings is 1. The molecule has 3 heterocycles. The van der Waals surface area contributed by atoms with Gasteiger partial charge in [0.15, 0.2) is 6.23 Å². The highest BCUT2D eigenvalue weighted by Gasteiger charge is 2.60. The molecule has 6 atom stereocenters. The van der Waals surface area contributed by atoms with Crippen LogP contribution in [-0.2, 0) is 0 Å². The molecular weight excluding hydrogens is 733 g/mol. The second-order valence-electron chi connectivity index (χ2n) is 17.6. The van der Waals surface area contributed by atoms with Gasteiger partial charge in [0.05, 0.1) is 18.2 Å². The van der Waals surface area contributed by atoms with E-state index in [9.17, 15) is 0 Å². The Hall–Kier alpha value is -6.78. The zero-order valence-corrected chi connectivity index (χ0v) is 33.9. The Morgan fingerprint density at radius 1 is 0.750 bits per heavy atom. The molecule has 1 fully saturated rings. The van der Waals surface area contributed by atoms with Crippen molar-refractivity contribution in [2.75, 3.05) is 10.2 Å². The molecule has 12 rings (SSSR count). The minimum absolute atomic E-state index is 0.0909. The molecule has 292 valence electrons. The van der Waals surface area contributed by atoms with Crippen molar-refractivity contribution in [1.82, 2.24) is 0 Å². The van der Waals surface area contributed by atoms with Gasteiger partial charge in [0, 0.05) is 55.9 Å². The number of hydrogen-bond acceptors (Lipinski definition) is 4. The Labute approximate surface area is 351 Å². The number of ether oxygens (including phenoxy) is 1. The number of nitrogens with zero attached hydrogens (tertiary/aromatic N) is 1. The Kier molecular flexibility index (Phi) is 7.84. The van der Waals surface area contributed by atoms with Gasteiger partial charge in [-0.2, -0.15) is 0 Å². The summed E-state index contributed by atoms with van der Waals surface area (Å²) < 4.78 is 13.2. The Morgan fingerprint density at radius 2 is 1.57 bits per heavy atom. The first kappa shape index (κ1) is 35.2. The molecule has 0 amide bonds. The summed E-state index contributed by atoms with van der Waals surface area (Å²) in [6.07, 6.45) is 27.2. The lowest BCUT2D eigenvalue weighted by molar-refractivity contribution is 0.211. The zero-order valence-electron chi connectivity index (χ0n) is 33.9. The monoisotopic (exact) mass is 778 g/mol. The smallest absolute Gasteiger partial charge is 0.180 e. The summed E-state index contributed by atoms with van der Waals surface area (Å²) in [6.45, 7) is 4.89. The molecule has 1 saturated heterocycles. The average molecular weight is 779 g/mol. The van der Waals surface area contributed by atoms with Gasteiger partial charge in [-0.3, -0.25) is 0 Å². The van der Waals surface area contributed by atoms with Crippen molar-refractivity contribution in [1.29, 1.82) is 0 Å². The molecule has 4 heteroatoms. The molecule has 0 spiro atoms. The van der Waals surface area contributed by atoms with Crippen LogP contribution in [0.1, 0.15) is 55.2 Å². The minimum atomic E-state index is -0.299. The van der Waals surface area contributed by atoms with Crippen LogP contribution in [0.5, 0.6) is 5.75 Å². The van der Waals surface area contributed by atoms with Gasteiger partial charge in [-0.1, -0.05) is 147 Å². The first-order valence-electron chi connectivity index (χ1n) is 21.4. The third kappa shape index (κ3) is 5.16. The summed E-state index contributed by atoms with van der Waals surface area (Å²) in [5.41, 5.74) is 15.4. The van der Waals surface area contributed by atoms with Crippen LogP contribution in [0.15, 0.2) is 209 Å². The third-order valence-electron chi connectivity index (χ3n) is 14.2. The van der Waals surface area contributed by atoms with Crippen molar-refractivity contribution in [3.63, 3.8) is 0 Å². The predicted molar refractivity (Wildman–Crippen MR) is 246 cm³/mol. The lowest BCUT2D eigenvalue weighted by Crippen LogP contribution is -2.41. The van der Waals surface area contributed by atoms with E-state index < -0.39 is 0 Å². The summed E-state index contributed by atoms with van der Waals surface area (Å²) in [5, 5.41) is 4.85. The van der Waals surface area contributed by atoms with Crippen LogP contribution in [-0.4, -0.2) is 12.3 Å². The maximum atomic E-state index is 7.01. The normalized spacial score (nSPS) is 26.8. The zero-order chi connectivity index (χ0) is 40.0. The number of rotatable bonds is 6. The number of fused-ring (bicyclic) bond motifs is 7. The molecule has 2 aliphatic heterocycles. The van der Waals surface area contributed by atoms with E-state index in [-0.39, 0.29) is 34.9 Å². The van der Waals surface area contributed by atoms with Crippen molar-refractivity contribution in [3.05, 3.63) is 222 Å². The van der Waals surface area contributed by atoms with Crippen molar-refractivity contribution < 1.29 is 9.15 Å². The molecular formula is C56H46N2O2. The number of allylic oxidation sites excluding steroid dienone is 12. The number of anilines is 3. The standard InChI is InChI=1S/C56H46N2O2/c1-55-31-15-13-24-46(55)51(36-27-29-47(57-38-17-5-3-6-18-38)43(33-36)45-35-59-48-25-12-11-21-40(45)48)41-22-9-10-23-42(41)52(55)37-28-30-49-44(34-37)53-54(60-49)58(39-19-7-4-8-20-39)50-26-14-16-32-56(50,53)2/h3-8,10-21,23-35,50,52-54,57H,9,22H2,1-2H3. The van der Waals surface area contributed by atoms with Crippen LogP contribution in [0.3, 0.4) is 0 Å². The molecule has 4 aliphatic carbocycles. The fourth-order valence-corrected chi connectivity index (χ4v) is 11.5. The molecule has 6 unspecified atom stereocenters. The van der Waals surface area contributed by atoms with E-state index in [1.165, 1.54) is 44.7 Å². The van der Waals surface area contributed by atoms with Crippen LogP contribution in [0.2, 0.25) is 0 Å². The van der Waals surface area contributed by atoms with Crippen molar-refractivity contribution in [3.8, 4) is 16.9 Å². The fourth-order valence-electron chi connectivity index (χ4n) is 11.5. The third-order valence-corrected chi connectivity index (χ3v) is 14.2. The topological polar surface area (TPSA) is 37.6 Å². The number of hydrogen-bond donors (Lipinski definition) is 1. The van der Waals surface area contributed by atoms with E-state index >= 15 is 0 Å². The predicted octanol–water partition coefficient (Wildman–Crippen LogP) is 14.0. The maximum Gasteiger partial charge on any atom is 0.180 e. The van der Waals surface area contributed by atoms with Gasteiger partial charge in [0.2, 0.25) is 0 Å². The van der Waals surface area contributed by atoms with Gasteiger partial charge in [0.25, 0.3) is 0 Å². The van der Waals surface area contributed by atoms with Gasteiger partial charge < -0.3 is 19.4 Å². The van der Waals surface area contributed by atoms with E-state index in [0.717, 1.165) is 52.1 Å². The summed E-state index contributed by atoms with van der Waals surface area (Å²) in [7, 11) is 0. The molecule has 0 radical (unpaired) electrons. The molecule has 0 saturated carbocycles. The van der Waals surface area contributed by atoms with Crippen LogP contribution in [0, 0.1) is 10.8 Å². The Bertz CT molecular complexity index is 2940. The molecule has 1 N–H and O–H groups in total. The minimum Gasteiger partial charge on any atom is -0.470 e. The summed E-state index contributed by atoms with van der Waals surface area (Å²) in [5.74, 6) is 1.31. The van der Waals surface area contributed by atoms with E-state index in [1.807, 2.05) is 18.4 Å². The molecule has 0 bridgehead atoms. The van der Waals surface area contributed by atoms with Crippen molar-refractivity contribution in [2.45, 2.75) is 50.8 Å². The largest absolute Gasteiger partial charge is 0.470 e. The molecule has 4 nitrogen and oxygen atoms in total. The Balaban J connectivity index is 1.00. The second kappa shape index (κ2) is 13.4. The summed E-state index contributed by atoms with van der Waals surface area (Å²) in [4.78, 5) is 2.51. The van der Waals surface area contributed by atoms with Gasteiger partial charge in [-0.15, -0.1) is 0 Å². The highest BCUT2D eigenvalue weighted by Crippen LogP contribution is 2.63. The highest BCUT2D eigenvalue weighted by molar-refractivity contribution is 6.00. The fraction of sp³-hybridized carbons (Fsp3) is 0.179. The average Bonchev–Trinajstić information content (AvgIpc) is 3.96. The summed E-state index contributed by atoms with van der Waals surface area (Å²) in [6, 6.07) is 43.9. The van der Waals surface area contributed by atoms with E-state index in [1.54, 1.807) is 0 Å². The van der Waals surface area contributed by atoms with Crippen LogP contribution in [0.25, 0.3) is 27.7 Å². The number of nitrogens with one attached hydrogen (secondary N) is 1.